The number of anilines is 1. The summed E-state index contributed by atoms with van der Waals surface area (Å²) in [5.41, 5.74) is 5.39. The molecule has 0 saturated carbocycles. The second kappa shape index (κ2) is 10.6. The number of carbonyl (C=O) groups is 1. The lowest BCUT2D eigenvalue weighted by atomic mass is 10.1. The highest BCUT2D eigenvalue weighted by Gasteiger charge is 2.03. The van der Waals surface area contributed by atoms with Crippen LogP contribution in [0.4, 0.5) is 5.69 Å². The third-order valence-electron chi connectivity index (χ3n) is 4.81. The number of fused-ring (bicyclic) bond motifs is 1. The molecule has 5 nitrogen and oxygen atoms in total. The van der Waals surface area contributed by atoms with E-state index in [0.717, 1.165) is 37.8 Å². The van der Waals surface area contributed by atoms with E-state index < -0.39 is 0 Å². The van der Waals surface area contributed by atoms with Gasteiger partial charge in [0.15, 0.2) is 0 Å². The number of hydrazone groups is 1. The van der Waals surface area contributed by atoms with Crippen molar-refractivity contribution >= 4 is 44.5 Å². The van der Waals surface area contributed by atoms with Crippen LogP contribution in [0.25, 0.3) is 10.8 Å². The molecule has 4 aromatic carbocycles. The summed E-state index contributed by atoms with van der Waals surface area (Å²) in [7, 11) is 0. The van der Waals surface area contributed by atoms with Gasteiger partial charge >= 0.3 is 0 Å². The Morgan fingerprint density at radius 3 is 2.59 bits per heavy atom. The van der Waals surface area contributed by atoms with Gasteiger partial charge in [-0.2, -0.15) is 5.10 Å². The van der Waals surface area contributed by atoms with Gasteiger partial charge in [-0.3, -0.25) is 4.79 Å². The quantitative estimate of drug-likeness (QED) is 0.246. The molecule has 0 radical (unpaired) electrons. The van der Waals surface area contributed by atoms with E-state index in [1.807, 2.05) is 91.0 Å². The van der Waals surface area contributed by atoms with Gasteiger partial charge in [-0.25, -0.2) is 5.43 Å². The number of rotatable bonds is 8. The first-order chi connectivity index (χ1) is 15.7. The van der Waals surface area contributed by atoms with Crippen molar-refractivity contribution in [3.8, 4) is 5.75 Å². The monoisotopic (exact) mass is 487 g/mol. The highest BCUT2D eigenvalue weighted by molar-refractivity contribution is 9.10. The SMILES string of the molecule is O=C(CNc1cccc2ccccc12)N/N=C\c1cccc(OCc2ccc(Br)cc2)c1. The van der Waals surface area contributed by atoms with Crippen LogP contribution in [-0.2, 0) is 11.4 Å². The molecule has 160 valence electrons. The van der Waals surface area contributed by atoms with Crippen molar-refractivity contribution in [1.82, 2.24) is 5.43 Å². The van der Waals surface area contributed by atoms with Gasteiger partial charge in [0.05, 0.1) is 12.8 Å². The summed E-state index contributed by atoms with van der Waals surface area (Å²) in [4.78, 5) is 12.2. The van der Waals surface area contributed by atoms with E-state index in [1.54, 1.807) is 6.21 Å². The van der Waals surface area contributed by atoms with Crippen molar-refractivity contribution in [2.24, 2.45) is 5.10 Å². The first kappa shape index (κ1) is 21.6. The molecule has 1 amide bonds. The number of benzene rings is 4. The smallest absolute Gasteiger partial charge is 0.259 e. The highest BCUT2D eigenvalue weighted by atomic mass is 79.9. The van der Waals surface area contributed by atoms with Crippen LogP contribution in [-0.4, -0.2) is 18.7 Å². The Morgan fingerprint density at radius 2 is 1.72 bits per heavy atom. The molecular formula is C26H22BrN3O2. The van der Waals surface area contributed by atoms with Crippen LogP contribution in [0, 0.1) is 0 Å². The van der Waals surface area contributed by atoms with Crippen LogP contribution in [0.3, 0.4) is 0 Å². The number of nitrogens with one attached hydrogen (secondary N) is 2. The van der Waals surface area contributed by atoms with Crippen molar-refractivity contribution in [3.05, 3.63) is 107 Å². The highest BCUT2D eigenvalue weighted by Crippen LogP contribution is 2.22. The molecule has 0 bridgehead atoms. The number of ether oxygens (including phenoxy) is 1. The molecule has 0 atom stereocenters. The van der Waals surface area contributed by atoms with Gasteiger partial charge in [-0.05, 0) is 46.8 Å². The lowest BCUT2D eigenvalue weighted by Crippen LogP contribution is -2.25. The molecule has 4 rings (SSSR count). The predicted molar refractivity (Wildman–Crippen MR) is 133 cm³/mol. The summed E-state index contributed by atoms with van der Waals surface area (Å²) in [5, 5.41) is 9.43. The third-order valence-corrected chi connectivity index (χ3v) is 5.34. The summed E-state index contributed by atoms with van der Waals surface area (Å²) in [6.07, 6.45) is 1.60. The average Bonchev–Trinajstić information content (AvgIpc) is 2.83. The molecule has 0 unspecified atom stereocenters. The molecule has 0 aliphatic carbocycles. The zero-order valence-corrected chi connectivity index (χ0v) is 18.9. The van der Waals surface area contributed by atoms with Crippen LogP contribution in [0.1, 0.15) is 11.1 Å². The Labute approximate surface area is 195 Å². The van der Waals surface area contributed by atoms with Crippen LogP contribution >= 0.6 is 15.9 Å². The molecule has 0 aliphatic rings. The van der Waals surface area contributed by atoms with Crippen molar-refractivity contribution in [2.75, 3.05) is 11.9 Å². The van der Waals surface area contributed by atoms with Crippen molar-refractivity contribution in [2.45, 2.75) is 6.61 Å². The maximum absolute atomic E-state index is 12.2. The zero-order valence-electron chi connectivity index (χ0n) is 17.3. The maximum Gasteiger partial charge on any atom is 0.259 e. The van der Waals surface area contributed by atoms with Crippen LogP contribution < -0.4 is 15.5 Å². The topological polar surface area (TPSA) is 62.7 Å². The fraction of sp³-hybridized carbons (Fsp3) is 0.0769. The summed E-state index contributed by atoms with van der Waals surface area (Å²) >= 11 is 3.43. The summed E-state index contributed by atoms with van der Waals surface area (Å²) < 4.78 is 6.88. The Balaban J connectivity index is 1.28. The van der Waals surface area contributed by atoms with Gasteiger partial charge in [0.1, 0.15) is 12.4 Å². The van der Waals surface area contributed by atoms with E-state index in [2.05, 4.69) is 31.8 Å². The maximum atomic E-state index is 12.2. The van der Waals surface area contributed by atoms with Crippen molar-refractivity contribution in [1.29, 1.82) is 0 Å². The fourth-order valence-corrected chi connectivity index (χ4v) is 3.47. The molecule has 0 spiro atoms. The van der Waals surface area contributed by atoms with E-state index in [1.165, 1.54) is 0 Å². The minimum Gasteiger partial charge on any atom is -0.489 e. The van der Waals surface area contributed by atoms with Gasteiger partial charge in [0, 0.05) is 15.5 Å². The van der Waals surface area contributed by atoms with Gasteiger partial charge in [0.2, 0.25) is 0 Å². The number of hydrogen-bond acceptors (Lipinski definition) is 4. The summed E-state index contributed by atoms with van der Waals surface area (Å²) in [6.45, 7) is 0.603. The van der Waals surface area contributed by atoms with Crippen LogP contribution in [0.2, 0.25) is 0 Å². The van der Waals surface area contributed by atoms with Crippen LogP contribution in [0.15, 0.2) is 101 Å². The van der Waals surface area contributed by atoms with E-state index in [9.17, 15) is 4.79 Å². The van der Waals surface area contributed by atoms with Crippen molar-refractivity contribution < 1.29 is 9.53 Å². The van der Waals surface area contributed by atoms with Gasteiger partial charge in [-0.15, -0.1) is 0 Å². The first-order valence-electron chi connectivity index (χ1n) is 10.2. The molecule has 0 heterocycles. The minimum absolute atomic E-state index is 0.127. The van der Waals surface area contributed by atoms with Gasteiger partial charge in [0.25, 0.3) is 5.91 Å². The first-order valence-corrected chi connectivity index (χ1v) is 11.0. The third kappa shape index (κ3) is 5.95. The molecule has 32 heavy (non-hydrogen) atoms. The second-order valence-electron chi connectivity index (χ2n) is 7.16. The van der Waals surface area contributed by atoms with Crippen molar-refractivity contribution in [3.63, 3.8) is 0 Å². The molecule has 2 N–H and O–H groups in total. The van der Waals surface area contributed by atoms with E-state index in [4.69, 9.17) is 4.74 Å². The summed E-state index contributed by atoms with van der Waals surface area (Å²) in [5.74, 6) is 0.512. The number of hydrogen-bond donors (Lipinski definition) is 2. The van der Waals surface area contributed by atoms with Gasteiger partial charge in [-0.1, -0.05) is 76.6 Å². The number of carbonyl (C=O) groups excluding carboxylic acids is 1. The molecular weight excluding hydrogens is 466 g/mol. The molecule has 6 heteroatoms. The molecule has 0 saturated heterocycles. The number of halogens is 1. The average molecular weight is 488 g/mol. The lowest BCUT2D eigenvalue weighted by molar-refractivity contribution is -0.119. The standard InChI is InChI=1S/C26H22BrN3O2/c27-22-13-11-19(12-14-22)18-32-23-8-3-5-20(15-23)16-29-30-26(31)17-28-25-10-4-7-21-6-1-2-9-24(21)25/h1-16,28H,17-18H2,(H,30,31)/b29-16-. The molecule has 0 aromatic heterocycles. The lowest BCUT2D eigenvalue weighted by Gasteiger charge is -2.09. The Bertz CT molecular complexity index is 1230. The van der Waals surface area contributed by atoms with Crippen LogP contribution in [0.5, 0.6) is 5.75 Å². The number of nitrogens with zero attached hydrogens (tertiary/aromatic N) is 1. The normalized spacial score (nSPS) is 10.9. The van der Waals surface area contributed by atoms with E-state index >= 15 is 0 Å². The molecule has 0 fully saturated rings. The second-order valence-corrected chi connectivity index (χ2v) is 8.08. The Hall–Kier alpha value is -3.64. The largest absolute Gasteiger partial charge is 0.489 e. The Kier molecular flexibility index (Phi) is 7.15. The van der Waals surface area contributed by atoms with Gasteiger partial charge < -0.3 is 10.1 Å². The van der Waals surface area contributed by atoms with E-state index in [-0.39, 0.29) is 12.5 Å². The minimum atomic E-state index is -0.225. The molecule has 4 aromatic rings. The number of amides is 1. The summed E-state index contributed by atoms with van der Waals surface area (Å²) in [6, 6.07) is 29.6. The van der Waals surface area contributed by atoms with E-state index in [0.29, 0.717) is 6.61 Å². The molecule has 0 aliphatic heterocycles. The predicted octanol–water partition coefficient (Wildman–Crippen LogP) is 5.74. The Morgan fingerprint density at radius 1 is 0.938 bits per heavy atom. The zero-order chi connectivity index (χ0) is 22.2. The fourth-order valence-electron chi connectivity index (χ4n) is 3.21.